The van der Waals surface area contributed by atoms with E-state index >= 15 is 0 Å². The van der Waals surface area contributed by atoms with Gasteiger partial charge in [-0.15, -0.1) is 0 Å². The van der Waals surface area contributed by atoms with E-state index in [4.69, 9.17) is 0 Å². The van der Waals surface area contributed by atoms with Gasteiger partial charge in [-0.05, 0) is 29.8 Å². The highest BCUT2D eigenvalue weighted by atomic mass is 19.1. The number of aromatic nitrogens is 2. The molecule has 114 valence electrons. The average molecular weight is 307 g/mol. The molecule has 2 heterocycles. The van der Waals surface area contributed by atoms with Crippen molar-refractivity contribution in [1.29, 1.82) is 0 Å². The van der Waals surface area contributed by atoms with Gasteiger partial charge in [0.1, 0.15) is 18.0 Å². The van der Waals surface area contributed by atoms with Gasteiger partial charge in [-0.3, -0.25) is 9.36 Å². The van der Waals surface area contributed by atoms with Crippen LogP contribution in [0, 0.1) is 5.82 Å². The summed E-state index contributed by atoms with van der Waals surface area (Å²) in [5.74, 6) is 0.0167. The van der Waals surface area contributed by atoms with Crippen LogP contribution in [0.15, 0.2) is 60.9 Å². The van der Waals surface area contributed by atoms with Gasteiger partial charge in [-0.1, -0.05) is 30.3 Å². The highest BCUT2D eigenvalue weighted by Crippen LogP contribution is 2.37. The summed E-state index contributed by atoms with van der Waals surface area (Å²) in [6.45, 7) is 0. The minimum atomic E-state index is -0.308. The van der Waals surface area contributed by atoms with Crippen LogP contribution in [-0.2, 0) is 4.79 Å². The van der Waals surface area contributed by atoms with E-state index in [1.807, 2.05) is 41.0 Å². The predicted molar refractivity (Wildman–Crippen MR) is 85.1 cm³/mol. The Kier molecular flexibility index (Phi) is 3.19. The number of carbonyl (C=O) groups is 1. The number of anilines is 1. The minimum absolute atomic E-state index is 0.0931. The Morgan fingerprint density at radius 3 is 2.74 bits per heavy atom. The highest BCUT2D eigenvalue weighted by Gasteiger charge is 2.31. The number of benzene rings is 2. The molecule has 0 spiro atoms. The third-order valence-electron chi connectivity index (χ3n) is 4.06. The Morgan fingerprint density at radius 1 is 1.13 bits per heavy atom. The van der Waals surface area contributed by atoms with Crippen LogP contribution < -0.4 is 5.32 Å². The summed E-state index contributed by atoms with van der Waals surface area (Å²) in [7, 11) is 0. The summed E-state index contributed by atoms with van der Waals surface area (Å²) in [6, 6.07) is 16.0. The van der Waals surface area contributed by atoms with E-state index < -0.39 is 0 Å². The average Bonchev–Trinajstić information content (AvgIpc) is 2.98. The molecular weight excluding hydrogens is 293 g/mol. The molecule has 0 saturated heterocycles. The number of carbonyl (C=O) groups excluding carboxylic acids is 1. The first-order valence-electron chi connectivity index (χ1n) is 7.40. The van der Waals surface area contributed by atoms with Crippen molar-refractivity contribution in [2.75, 3.05) is 5.32 Å². The second-order valence-corrected chi connectivity index (χ2v) is 5.54. The molecule has 0 unspecified atom stereocenters. The van der Waals surface area contributed by atoms with Crippen molar-refractivity contribution in [3.63, 3.8) is 0 Å². The van der Waals surface area contributed by atoms with Crippen LogP contribution in [0.4, 0.5) is 10.2 Å². The number of amides is 1. The van der Waals surface area contributed by atoms with Gasteiger partial charge in [0.2, 0.25) is 5.91 Å². The molecule has 0 bridgehead atoms. The summed E-state index contributed by atoms with van der Waals surface area (Å²) in [5.41, 5.74) is 2.44. The Balaban J connectivity index is 1.83. The SMILES string of the molecule is O=C1C[C@@H](c2cccc(F)c2)c2ncn(-c3ccccc3)c2N1. The minimum Gasteiger partial charge on any atom is -0.310 e. The summed E-state index contributed by atoms with van der Waals surface area (Å²) in [4.78, 5) is 16.6. The van der Waals surface area contributed by atoms with Crippen LogP contribution in [0.25, 0.3) is 5.69 Å². The Morgan fingerprint density at radius 2 is 1.96 bits per heavy atom. The molecule has 3 aromatic rings. The molecule has 0 fully saturated rings. The fourth-order valence-electron chi connectivity index (χ4n) is 2.99. The maximum atomic E-state index is 13.5. The van der Waals surface area contributed by atoms with Gasteiger partial charge in [0, 0.05) is 18.0 Å². The Hall–Kier alpha value is -2.95. The van der Waals surface area contributed by atoms with Crippen molar-refractivity contribution in [2.45, 2.75) is 12.3 Å². The van der Waals surface area contributed by atoms with Gasteiger partial charge >= 0.3 is 0 Å². The van der Waals surface area contributed by atoms with Crippen molar-refractivity contribution in [2.24, 2.45) is 0 Å². The fraction of sp³-hybridized carbons (Fsp3) is 0.111. The normalized spacial score (nSPS) is 16.7. The zero-order valence-electron chi connectivity index (χ0n) is 12.2. The lowest BCUT2D eigenvalue weighted by atomic mass is 9.90. The van der Waals surface area contributed by atoms with E-state index in [2.05, 4.69) is 10.3 Å². The molecule has 5 heteroatoms. The molecule has 23 heavy (non-hydrogen) atoms. The fourth-order valence-corrected chi connectivity index (χ4v) is 2.99. The van der Waals surface area contributed by atoms with Crippen molar-refractivity contribution in [3.8, 4) is 5.69 Å². The number of imidazole rings is 1. The van der Waals surface area contributed by atoms with Crippen LogP contribution in [0.1, 0.15) is 23.6 Å². The molecular formula is C18H14FN3O. The first-order chi connectivity index (χ1) is 11.2. The Labute approximate surface area is 132 Å². The number of fused-ring (bicyclic) bond motifs is 1. The lowest BCUT2D eigenvalue weighted by Gasteiger charge is -2.23. The number of para-hydroxylation sites is 1. The van der Waals surface area contributed by atoms with Crippen molar-refractivity contribution in [3.05, 3.63) is 78.0 Å². The van der Waals surface area contributed by atoms with Crippen LogP contribution in [0.2, 0.25) is 0 Å². The summed E-state index contributed by atoms with van der Waals surface area (Å²) in [5, 5.41) is 2.89. The standard InChI is InChI=1S/C18H14FN3O/c19-13-6-4-5-12(9-13)15-10-16(23)21-18-17(15)20-11-22(18)14-7-2-1-3-8-14/h1-9,11,15H,10H2,(H,21,23)/t15-/m0/s1. The molecule has 1 aliphatic heterocycles. The van der Waals surface area contributed by atoms with Crippen molar-refractivity contribution in [1.82, 2.24) is 9.55 Å². The molecule has 1 aromatic heterocycles. The van der Waals surface area contributed by atoms with Gasteiger partial charge < -0.3 is 5.32 Å². The van der Waals surface area contributed by atoms with Gasteiger partial charge in [0.15, 0.2) is 0 Å². The molecule has 1 N–H and O–H groups in total. The van der Waals surface area contributed by atoms with Crippen molar-refractivity contribution >= 4 is 11.7 Å². The largest absolute Gasteiger partial charge is 0.310 e. The third-order valence-corrected chi connectivity index (χ3v) is 4.06. The number of nitrogens with zero attached hydrogens (tertiary/aromatic N) is 2. The van der Waals surface area contributed by atoms with E-state index in [0.29, 0.717) is 5.82 Å². The second-order valence-electron chi connectivity index (χ2n) is 5.54. The summed E-state index contributed by atoms with van der Waals surface area (Å²) < 4.78 is 15.4. The molecule has 0 radical (unpaired) electrons. The van der Waals surface area contributed by atoms with E-state index in [0.717, 1.165) is 16.9 Å². The molecule has 0 aliphatic carbocycles. The van der Waals surface area contributed by atoms with Crippen LogP contribution in [0.5, 0.6) is 0 Å². The Bertz CT molecular complexity index is 873. The molecule has 2 aromatic carbocycles. The third kappa shape index (κ3) is 2.40. The molecule has 0 saturated carbocycles. The molecule has 1 amide bonds. The van der Waals surface area contributed by atoms with E-state index in [9.17, 15) is 9.18 Å². The number of hydrogen-bond donors (Lipinski definition) is 1. The van der Waals surface area contributed by atoms with Crippen LogP contribution in [-0.4, -0.2) is 15.5 Å². The molecule has 1 atom stereocenters. The maximum Gasteiger partial charge on any atom is 0.226 e. The van der Waals surface area contributed by atoms with Gasteiger partial charge in [0.25, 0.3) is 0 Å². The monoisotopic (exact) mass is 307 g/mol. The highest BCUT2D eigenvalue weighted by molar-refractivity contribution is 5.94. The van der Waals surface area contributed by atoms with E-state index in [1.54, 1.807) is 12.4 Å². The number of nitrogens with one attached hydrogen (secondary N) is 1. The van der Waals surface area contributed by atoms with Crippen LogP contribution >= 0.6 is 0 Å². The number of halogens is 1. The van der Waals surface area contributed by atoms with Crippen LogP contribution in [0.3, 0.4) is 0 Å². The topological polar surface area (TPSA) is 46.9 Å². The summed E-state index contributed by atoms with van der Waals surface area (Å²) >= 11 is 0. The van der Waals surface area contributed by atoms with Crippen molar-refractivity contribution < 1.29 is 9.18 Å². The number of rotatable bonds is 2. The van der Waals surface area contributed by atoms with Gasteiger partial charge in [-0.2, -0.15) is 0 Å². The smallest absolute Gasteiger partial charge is 0.226 e. The first-order valence-corrected chi connectivity index (χ1v) is 7.40. The summed E-state index contributed by atoms with van der Waals surface area (Å²) in [6.07, 6.45) is 1.96. The molecule has 4 nitrogen and oxygen atoms in total. The molecule has 1 aliphatic rings. The van der Waals surface area contributed by atoms with E-state index in [-0.39, 0.29) is 24.1 Å². The second kappa shape index (κ2) is 5.35. The predicted octanol–water partition coefficient (Wildman–Crippen LogP) is 3.49. The number of hydrogen-bond acceptors (Lipinski definition) is 2. The molecule has 4 rings (SSSR count). The lowest BCUT2D eigenvalue weighted by Crippen LogP contribution is -2.24. The zero-order chi connectivity index (χ0) is 15.8. The maximum absolute atomic E-state index is 13.5. The van der Waals surface area contributed by atoms with Gasteiger partial charge in [-0.25, -0.2) is 9.37 Å². The lowest BCUT2D eigenvalue weighted by molar-refractivity contribution is -0.116. The first kappa shape index (κ1) is 13.7. The quantitative estimate of drug-likeness (QED) is 0.788. The van der Waals surface area contributed by atoms with Gasteiger partial charge in [0.05, 0.1) is 5.69 Å². The van der Waals surface area contributed by atoms with E-state index in [1.165, 1.54) is 12.1 Å². The zero-order valence-corrected chi connectivity index (χ0v) is 12.2.